The second-order valence-electron chi connectivity index (χ2n) is 6.71. The fourth-order valence-corrected chi connectivity index (χ4v) is 4.51. The number of carbonyl (C=O) groups is 1. The maximum Gasteiger partial charge on any atom is 0.283 e. The first-order valence-corrected chi connectivity index (χ1v) is 9.50. The average Bonchev–Trinajstić information content (AvgIpc) is 3.04. The second-order valence-corrected chi connectivity index (χ2v) is 7.69. The predicted octanol–water partition coefficient (Wildman–Crippen LogP) is 4.19. The Hall–Kier alpha value is -2.21. The minimum Gasteiger partial charge on any atom is -0.282 e. The van der Waals surface area contributed by atoms with Gasteiger partial charge in [0.05, 0.1) is 5.57 Å². The Kier molecular flexibility index (Phi) is 4.29. The molecule has 2 heterocycles. The molecule has 0 saturated heterocycles. The van der Waals surface area contributed by atoms with Gasteiger partial charge in [-0.1, -0.05) is 49.1 Å². The average molecular weight is 352 g/mol. The molecule has 5 nitrogen and oxygen atoms in total. The van der Waals surface area contributed by atoms with Crippen LogP contribution in [0.1, 0.15) is 43.2 Å². The lowest BCUT2D eigenvalue weighted by atomic mass is 9.90. The van der Waals surface area contributed by atoms with E-state index in [-0.39, 0.29) is 11.7 Å². The highest BCUT2D eigenvalue weighted by molar-refractivity contribution is 8.27. The summed E-state index contributed by atoms with van der Waals surface area (Å²) in [6.45, 7) is 2.00. The number of amidine groups is 2. The Bertz CT molecular complexity index is 834. The number of hydrazone groups is 1. The van der Waals surface area contributed by atoms with Gasteiger partial charge in [0.15, 0.2) is 5.84 Å². The summed E-state index contributed by atoms with van der Waals surface area (Å²) in [5.74, 6) is 0.208. The van der Waals surface area contributed by atoms with Crippen LogP contribution < -0.4 is 0 Å². The van der Waals surface area contributed by atoms with Crippen LogP contribution >= 0.6 is 11.8 Å². The molecule has 1 amide bonds. The summed E-state index contributed by atoms with van der Waals surface area (Å²) in [5.41, 5.74) is 2.31. The highest BCUT2D eigenvalue weighted by Gasteiger charge is 2.37. The van der Waals surface area contributed by atoms with Crippen LogP contribution in [0.25, 0.3) is 6.08 Å². The van der Waals surface area contributed by atoms with E-state index in [1.54, 1.807) is 6.08 Å². The van der Waals surface area contributed by atoms with Crippen molar-refractivity contribution in [1.82, 2.24) is 5.01 Å². The van der Waals surface area contributed by atoms with E-state index >= 15 is 0 Å². The van der Waals surface area contributed by atoms with E-state index in [0.717, 1.165) is 29.0 Å². The highest BCUT2D eigenvalue weighted by atomic mass is 32.2. The van der Waals surface area contributed by atoms with Crippen molar-refractivity contribution in [2.45, 2.75) is 39.0 Å². The fraction of sp³-hybridized carbons (Fsp3) is 0.368. The molecule has 0 spiro atoms. The van der Waals surface area contributed by atoms with Gasteiger partial charge in [0.25, 0.3) is 5.91 Å². The molecule has 1 aliphatic carbocycles. The largest absolute Gasteiger partial charge is 0.283 e. The Morgan fingerprint density at radius 2 is 2.08 bits per heavy atom. The summed E-state index contributed by atoms with van der Waals surface area (Å²) < 4.78 is 0. The maximum absolute atomic E-state index is 12.4. The zero-order valence-electron chi connectivity index (χ0n) is 14.2. The first-order chi connectivity index (χ1) is 12.1. The molecule has 1 N–H and O–H groups in total. The minimum absolute atomic E-state index is 0.120. The normalized spacial score (nSPS) is 22.9. The number of fused-ring (bicyclic) bond motifs is 1. The van der Waals surface area contributed by atoms with Gasteiger partial charge in [-0.25, -0.2) is 0 Å². The lowest BCUT2D eigenvalue weighted by Gasteiger charge is -2.20. The van der Waals surface area contributed by atoms with Crippen molar-refractivity contribution >= 4 is 39.8 Å². The molecule has 1 saturated carbocycles. The lowest BCUT2D eigenvalue weighted by molar-refractivity contribution is -0.114. The molecule has 4 rings (SSSR count). The van der Waals surface area contributed by atoms with Crippen molar-refractivity contribution in [3.05, 3.63) is 41.0 Å². The smallest absolute Gasteiger partial charge is 0.282 e. The highest BCUT2D eigenvalue weighted by Crippen LogP contribution is 2.36. The zero-order valence-corrected chi connectivity index (χ0v) is 15.0. The van der Waals surface area contributed by atoms with Crippen molar-refractivity contribution < 1.29 is 4.79 Å². The van der Waals surface area contributed by atoms with E-state index < -0.39 is 0 Å². The van der Waals surface area contributed by atoms with E-state index in [2.05, 4.69) is 10.1 Å². The molecule has 0 unspecified atom stereocenters. The van der Waals surface area contributed by atoms with Gasteiger partial charge in [-0.3, -0.25) is 10.2 Å². The molecule has 0 aromatic heterocycles. The van der Waals surface area contributed by atoms with Crippen molar-refractivity contribution in [1.29, 1.82) is 5.41 Å². The Morgan fingerprint density at radius 3 is 2.84 bits per heavy atom. The van der Waals surface area contributed by atoms with Crippen molar-refractivity contribution in [2.24, 2.45) is 16.0 Å². The van der Waals surface area contributed by atoms with Gasteiger partial charge >= 0.3 is 0 Å². The standard InChI is InChI=1S/C19H20N4OS/c1-12-6-5-7-13(10-12)11-15-16(20)23-19(21-17(15)24)25-18(22-23)14-8-3-2-4-9-14/h5-7,10-11,14,20H,2-4,8-9H2,1H3. The van der Waals surface area contributed by atoms with E-state index in [0.29, 0.717) is 16.7 Å². The first-order valence-electron chi connectivity index (χ1n) is 8.68. The van der Waals surface area contributed by atoms with Crippen molar-refractivity contribution in [2.75, 3.05) is 0 Å². The molecule has 1 aromatic rings. The maximum atomic E-state index is 12.4. The topological polar surface area (TPSA) is 68.9 Å². The summed E-state index contributed by atoms with van der Waals surface area (Å²) in [6, 6.07) is 7.86. The van der Waals surface area contributed by atoms with E-state index in [1.807, 2.05) is 31.2 Å². The van der Waals surface area contributed by atoms with Crippen LogP contribution in [0.3, 0.4) is 0 Å². The molecule has 0 atom stereocenters. The van der Waals surface area contributed by atoms with Gasteiger partial charge in [-0.2, -0.15) is 15.1 Å². The van der Waals surface area contributed by atoms with Crippen LogP contribution in [0.2, 0.25) is 0 Å². The molecular formula is C19H20N4OS. The number of hydrogen-bond donors (Lipinski definition) is 1. The van der Waals surface area contributed by atoms with Crippen LogP contribution in [0.15, 0.2) is 39.9 Å². The van der Waals surface area contributed by atoms with E-state index in [9.17, 15) is 4.79 Å². The number of benzene rings is 1. The molecule has 2 aliphatic heterocycles. The summed E-state index contributed by atoms with van der Waals surface area (Å²) in [4.78, 5) is 16.6. The zero-order chi connectivity index (χ0) is 17.4. The number of thioether (sulfide) groups is 1. The van der Waals surface area contributed by atoms with Gasteiger partial charge in [-0.05, 0) is 43.2 Å². The third kappa shape index (κ3) is 3.18. The van der Waals surface area contributed by atoms with Gasteiger partial charge < -0.3 is 0 Å². The SMILES string of the molecule is Cc1cccc(C=C2C(=N)N3N=C(C4CCCCC4)SC3=NC2=O)c1. The molecule has 1 fully saturated rings. The third-order valence-electron chi connectivity index (χ3n) is 4.78. The van der Waals surface area contributed by atoms with Crippen molar-refractivity contribution in [3.63, 3.8) is 0 Å². The molecule has 3 aliphatic rings. The van der Waals surface area contributed by atoms with Crippen LogP contribution in [0, 0.1) is 18.3 Å². The Balaban J connectivity index is 1.63. The van der Waals surface area contributed by atoms with Gasteiger partial charge in [0.2, 0.25) is 5.17 Å². The number of nitrogens with one attached hydrogen (secondary N) is 1. The van der Waals surface area contributed by atoms with Crippen LogP contribution in [0.4, 0.5) is 0 Å². The molecule has 0 bridgehead atoms. The van der Waals surface area contributed by atoms with Crippen LogP contribution in [0.5, 0.6) is 0 Å². The van der Waals surface area contributed by atoms with E-state index in [1.165, 1.54) is 36.0 Å². The lowest BCUT2D eigenvalue weighted by Crippen LogP contribution is -2.35. The molecule has 128 valence electrons. The van der Waals surface area contributed by atoms with Crippen molar-refractivity contribution in [3.8, 4) is 0 Å². The minimum atomic E-state index is -0.356. The fourth-order valence-electron chi connectivity index (χ4n) is 3.45. The monoisotopic (exact) mass is 352 g/mol. The quantitative estimate of drug-likeness (QED) is 0.811. The Morgan fingerprint density at radius 1 is 1.28 bits per heavy atom. The summed E-state index contributed by atoms with van der Waals surface area (Å²) in [5, 5.41) is 16.1. The molecular weight excluding hydrogens is 332 g/mol. The molecule has 1 aromatic carbocycles. The third-order valence-corrected chi connectivity index (χ3v) is 5.85. The number of amides is 1. The number of aryl methyl sites for hydroxylation is 1. The summed E-state index contributed by atoms with van der Waals surface area (Å²) in [6.07, 6.45) is 7.76. The summed E-state index contributed by atoms with van der Waals surface area (Å²) in [7, 11) is 0. The summed E-state index contributed by atoms with van der Waals surface area (Å²) >= 11 is 1.46. The molecule has 25 heavy (non-hydrogen) atoms. The van der Waals surface area contributed by atoms with Crippen LogP contribution in [-0.2, 0) is 4.79 Å². The van der Waals surface area contributed by atoms with Gasteiger partial charge in [0, 0.05) is 5.92 Å². The second kappa shape index (κ2) is 6.59. The molecule has 0 radical (unpaired) electrons. The predicted molar refractivity (Wildman–Crippen MR) is 103 cm³/mol. The van der Waals surface area contributed by atoms with E-state index in [4.69, 9.17) is 5.41 Å². The van der Waals surface area contributed by atoms with Gasteiger partial charge in [-0.15, -0.1) is 0 Å². The number of carbonyl (C=O) groups excluding carboxylic acids is 1. The number of hydrogen-bond acceptors (Lipinski definition) is 4. The number of aliphatic imine (C=N–C) groups is 1. The van der Waals surface area contributed by atoms with Gasteiger partial charge in [0.1, 0.15) is 5.04 Å². The Labute approximate surface area is 151 Å². The first kappa shape index (κ1) is 16.3. The molecule has 6 heteroatoms. The van der Waals surface area contributed by atoms with Crippen LogP contribution in [-0.4, -0.2) is 27.0 Å². The number of nitrogens with zero attached hydrogens (tertiary/aromatic N) is 3. The number of rotatable bonds is 2.